The second kappa shape index (κ2) is 14.6. The number of fused-ring (bicyclic) bond motifs is 4. The van der Waals surface area contributed by atoms with E-state index in [0.717, 1.165) is 74.4 Å². The van der Waals surface area contributed by atoms with Crippen LogP contribution in [0.1, 0.15) is 145 Å². The predicted molar refractivity (Wildman–Crippen MR) is 218 cm³/mol. The van der Waals surface area contributed by atoms with Gasteiger partial charge in [0, 0.05) is 68.9 Å². The summed E-state index contributed by atoms with van der Waals surface area (Å²) in [5.41, 5.74) is 7.01. The molecule has 0 spiro atoms. The zero-order valence-electron chi connectivity index (χ0n) is 32.7. The Bertz CT molecular complexity index is 1980. The third-order valence-corrected chi connectivity index (χ3v) is 12.0. The van der Waals surface area contributed by atoms with Crippen LogP contribution in [-0.2, 0) is 10.8 Å². The maximum atomic E-state index is 13.9. The highest BCUT2D eigenvalue weighted by Crippen LogP contribution is 2.49. The second-order valence-corrected chi connectivity index (χ2v) is 16.2. The number of allylic oxidation sites excluding steroid dienone is 8. The highest BCUT2D eigenvalue weighted by atomic mass is 16.2. The van der Waals surface area contributed by atoms with E-state index in [0.29, 0.717) is 0 Å². The van der Waals surface area contributed by atoms with Crippen LogP contribution in [-0.4, -0.2) is 36.2 Å². The lowest BCUT2D eigenvalue weighted by Gasteiger charge is -2.27. The number of para-hydroxylation sites is 2. The number of anilines is 2. The van der Waals surface area contributed by atoms with Gasteiger partial charge in [0.05, 0.1) is 11.1 Å². The quantitative estimate of drug-likeness (QED) is 0.105. The van der Waals surface area contributed by atoms with Gasteiger partial charge in [0.15, 0.2) is 23.1 Å². The van der Waals surface area contributed by atoms with Crippen molar-refractivity contribution in [2.45, 2.75) is 104 Å². The normalized spacial score (nSPS) is 19.3. The van der Waals surface area contributed by atoms with E-state index in [1.807, 2.05) is 24.3 Å². The summed E-state index contributed by atoms with van der Waals surface area (Å²) in [6.07, 6.45) is 16.2. The fourth-order valence-corrected chi connectivity index (χ4v) is 8.92. The minimum Gasteiger partial charge on any atom is -0.344 e. The summed E-state index contributed by atoms with van der Waals surface area (Å²) >= 11 is 0. The SMILES string of the molecule is CCCCCCN1/C(=C\C=C2C(=O)c3cc4c(cc3C2=O)C(=O)C(=C/C=C2/N(CCCCCC)c3ccccc3C2(C)C)C4=O)C(C)(C)c2ccccc21. The van der Waals surface area contributed by atoms with Gasteiger partial charge in [-0.05, 0) is 72.5 Å². The minimum absolute atomic E-state index is 0.0568. The number of ketones is 4. The average Bonchev–Trinajstić information content (AvgIpc) is 3.72. The van der Waals surface area contributed by atoms with Crippen LogP contribution < -0.4 is 9.80 Å². The zero-order chi connectivity index (χ0) is 38.4. The molecule has 6 nitrogen and oxygen atoms in total. The summed E-state index contributed by atoms with van der Waals surface area (Å²) in [7, 11) is 0. The number of hydrogen-bond donors (Lipinski definition) is 0. The fourth-order valence-electron chi connectivity index (χ4n) is 8.92. The third kappa shape index (κ3) is 6.14. The van der Waals surface area contributed by atoms with Gasteiger partial charge in [-0.1, -0.05) is 116 Å². The van der Waals surface area contributed by atoms with E-state index in [4.69, 9.17) is 0 Å². The lowest BCUT2D eigenvalue weighted by atomic mass is 9.83. The molecule has 3 aromatic carbocycles. The Morgan fingerprint density at radius 1 is 0.481 bits per heavy atom. The average molecular weight is 721 g/mol. The van der Waals surface area contributed by atoms with Gasteiger partial charge in [-0.2, -0.15) is 0 Å². The molecular weight excluding hydrogens is 669 g/mol. The zero-order valence-corrected chi connectivity index (χ0v) is 32.7. The number of nitrogens with zero attached hydrogens (tertiary/aromatic N) is 2. The van der Waals surface area contributed by atoms with Gasteiger partial charge in [-0.25, -0.2) is 0 Å². The number of carbonyl (C=O) groups is 4. The van der Waals surface area contributed by atoms with E-state index < -0.39 is 23.1 Å². The van der Waals surface area contributed by atoms with Gasteiger partial charge in [-0.15, -0.1) is 0 Å². The topological polar surface area (TPSA) is 74.8 Å². The molecule has 2 aliphatic carbocycles. The first-order valence-corrected chi connectivity index (χ1v) is 19.9. The molecular formula is C48H52N2O4. The van der Waals surface area contributed by atoms with E-state index in [1.54, 1.807) is 12.2 Å². The van der Waals surface area contributed by atoms with Crippen molar-refractivity contribution in [1.82, 2.24) is 0 Å². The Balaban J connectivity index is 1.18. The van der Waals surface area contributed by atoms with Gasteiger partial charge < -0.3 is 9.80 Å². The van der Waals surface area contributed by atoms with E-state index in [1.165, 1.54) is 36.1 Å². The van der Waals surface area contributed by atoms with Crippen LogP contribution in [0.4, 0.5) is 11.4 Å². The first kappa shape index (κ1) is 37.2. The third-order valence-electron chi connectivity index (χ3n) is 12.0. The number of Topliss-reactive ketones (excluding diaryl/α,β-unsaturated/α-hetero) is 4. The molecule has 0 aromatic heterocycles. The van der Waals surface area contributed by atoms with Crippen LogP contribution in [0.15, 0.2) is 108 Å². The largest absolute Gasteiger partial charge is 0.344 e. The molecule has 0 unspecified atom stereocenters. The first-order chi connectivity index (χ1) is 25.9. The van der Waals surface area contributed by atoms with Crippen LogP contribution in [0.5, 0.6) is 0 Å². The first-order valence-electron chi connectivity index (χ1n) is 19.9. The summed E-state index contributed by atoms with van der Waals surface area (Å²) < 4.78 is 0. The van der Waals surface area contributed by atoms with Gasteiger partial charge in [0.25, 0.3) is 0 Å². The molecule has 0 saturated carbocycles. The Morgan fingerprint density at radius 3 is 1.19 bits per heavy atom. The highest BCUT2D eigenvalue weighted by Gasteiger charge is 2.43. The van der Waals surface area contributed by atoms with Gasteiger partial charge in [0.1, 0.15) is 0 Å². The van der Waals surface area contributed by atoms with Crippen molar-refractivity contribution in [3.63, 3.8) is 0 Å². The summed E-state index contributed by atoms with van der Waals surface area (Å²) in [4.78, 5) is 60.1. The lowest BCUT2D eigenvalue weighted by molar-refractivity contribution is 0.0977. The van der Waals surface area contributed by atoms with Crippen molar-refractivity contribution >= 4 is 34.5 Å². The molecule has 7 rings (SSSR count). The molecule has 0 N–H and O–H groups in total. The maximum absolute atomic E-state index is 13.9. The van der Waals surface area contributed by atoms with Crippen molar-refractivity contribution in [3.05, 3.63) is 141 Å². The molecule has 2 heterocycles. The van der Waals surface area contributed by atoms with Gasteiger partial charge in [0.2, 0.25) is 0 Å². The van der Waals surface area contributed by atoms with Crippen LogP contribution in [0.3, 0.4) is 0 Å². The minimum atomic E-state index is -0.415. The summed E-state index contributed by atoms with van der Waals surface area (Å²) in [6.45, 7) is 14.8. The molecule has 6 heteroatoms. The molecule has 0 fully saturated rings. The van der Waals surface area contributed by atoms with E-state index in [-0.39, 0.29) is 44.2 Å². The van der Waals surface area contributed by atoms with Crippen molar-refractivity contribution in [2.75, 3.05) is 22.9 Å². The van der Waals surface area contributed by atoms with Gasteiger partial charge in [-0.3, -0.25) is 19.2 Å². The number of rotatable bonds is 12. The van der Waals surface area contributed by atoms with E-state index >= 15 is 0 Å². The highest BCUT2D eigenvalue weighted by molar-refractivity contribution is 6.44. The van der Waals surface area contributed by atoms with Crippen molar-refractivity contribution in [1.29, 1.82) is 0 Å². The van der Waals surface area contributed by atoms with Crippen molar-refractivity contribution in [3.8, 4) is 0 Å². The summed E-state index contributed by atoms with van der Waals surface area (Å²) in [5, 5.41) is 0. The fraction of sp³-hybridized carbons (Fsp3) is 0.375. The number of benzene rings is 3. The second-order valence-electron chi connectivity index (χ2n) is 16.2. The molecule has 0 atom stereocenters. The standard InChI is InChI=1S/C48H52N2O4/c1-7-9-11-17-27-49-39-21-15-13-19-37(39)47(3,4)41(49)25-23-31-43(51)33-29-35-36(30-34(33)44(31)52)46(54)32(45(35)53)24-26-42-48(5,6)38-20-14-16-22-40(38)50(42)28-18-12-10-8-2/h13-16,19-26,29-30H,7-12,17-18,27-28H2,1-6H3/b31-23?,32-24?,41-25-,42-26+. The van der Waals surface area contributed by atoms with Crippen LogP contribution in [0.25, 0.3) is 0 Å². The molecule has 278 valence electrons. The molecule has 0 radical (unpaired) electrons. The smallest absolute Gasteiger partial charge is 0.197 e. The predicted octanol–water partition coefficient (Wildman–Crippen LogP) is 10.8. The number of carbonyl (C=O) groups excluding carboxylic acids is 4. The molecule has 0 saturated heterocycles. The van der Waals surface area contributed by atoms with Crippen LogP contribution in [0, 0.1) is 0 Å². The Labute approximate surface area is 320 Å². The molecule has 0 bridgehead atoms. The molecule has 2 aliphatic heterocycles. The van der Waals surface area contributed by atoms with Gasteiger partial charge >= 0.3 is 0 Å². The van der Waals surface area contributed by atoms with E-state index in [9.17, 15) is 19.2 Å². The Hall–Kier alpha value is -5.10. The molecule has 54 heavy (non-hydrogen) atoms. The maximum Gasteiger partial charge on any atom is 0.197 e. The lowest BCUT2D eigenvalue weighted by Crippen LogP contribution is -2.27. The summed E-state index contributed by atoms with van der Waals surface area (Å²) in [5.74, 6) is -1.66. The van der Waals surface area contributed by atoms with Crippen LogP contribution in [0.2, 0.25) is 0 Å². The van der Waals surface area contributed by atoms with Crippen LogP contribution >= 0.6 is 0 Å². The molecule has 3 aromatic rings. The van der Waals surface area contributed by atoms with E-state index in [2.05, 4.69) is 87.7 Å². The monoisotopic (exact) mass is 720 g/mol. The molecule has 4 aliphatic rings. The number of unbranched alkanes of at least 4 members (excludes halogenated alkanes) is 6. The van der Waals surface area contributed by atoms with Crippen molar-refractivity contribution in [2.24, 2.45) is 0 Å². The number of hydrogen-bond acceptors (Lipinski definition) is 6. The summed E-state index contributed by atoms with van der Waals surface area (Å²) in [6, 6.07) is 19.7. The molecule has 0 amide bonds. The Morgan fingerprint density at radius 2 is 0.833 bits per heavy atom. The van der Waals surface area contributed by atoms with Crippen molar-refractivity contribution < 1.29 is 19.2 Å². The Kier molecular flexibility index (Phi) is 10.1.